The van der Waals surface area contributed by atoms with E-state index in [1.165, 1.54) is 11.1 Å². The first-order valence-corrected chi connectivity index (χ1v) is 11.2. The zero-order valence-corrected chi connectivity index (χ0v) is 19.2. The zero-order chi connectivity index (χ0) is 22.6. The first kappa shape index (κ1) is 22.2. The molecule has 1 saturated carbocycles. The Morgan fingerprint density at radius 1 is 0.844 bits per heavy atom. The van der Waals surface area contributed by atoms with Gasteiger partial charge in [0.15, 0.2) is 0 Å². The van der Waals surface area contributed by atoms with Crippen molar-refractivity contribution >= 4 is 11.9 Å². The van der Waals surface area contributed by atoms with Crippen LogP contribution in [0.4, 0.5) is 11.9 Å². The van der Waals surface area contributed by atoms with Gasteiger partial charge in [0.05, 0.1) is 6.54 Å². The fraction of sp³-hybridized carbons (Fsp3) is 0.400. The second-order valence-corrected chi connectivity index (χ2v) is 8.78. The van der Waals surface area contributed by atoms with Crippen LogP contribution in [-0.4, -0.2) is 41.0 Å². The number of anilines is 2. The molecule has 0 bridgehead atoms. The summed E-state index contributed by atoms with van der Waals surface area (Å²) in [6.07, 6.45) is 4.10. The van der Waals surface area contributed by atoms with Crippen LogP contribution in [0.2, 0.25) is 0 Å². The summed E-state index contributed by atoms with van der Waals surface area (Å²) in [5, 5.41) is 6.77. The van der Waals surface area contributed by atoms with E-state index >= 15 is 0 Å². The highest BCUT2D eigenvalue weighted by atomic mass is 15.2. The van der Waals surface area contributed by atoms with Gasteiger partial charge in [-0.25, -0.2) is 0 Å². The molecule has 0 atom stereocenters. The van der Waals surface area contributed by atoms with Crippen molar-refractivity contribution in [1.29, 1.82) is 0 Å². The third kappa shape index (κ3) is 4.31. The summed E-state index contributed by atoms with van der Waals surface area (Å²) in [5.41, 5.74) is 8.44. The molecule has 0 spiro atoms. The predicted octanol–water partition coefficient (Wildman–Crippen LogP) is 3.51. The van der Waals surface area contributed by atoms with Gasteiger partial charge in [-0.1, -0.05) is 60.7 Å². The van der Waals surface area contributed by atoms with Gasteiger partial charge in [0, 0.05) is 18.1 Å². The van der Waals surface area contributed by atoms with E-state index in [4.69, 9.17) is 5.73 Å². The maximum absolute atomic E-state index is 5.89. The molecule has 0 aliphatic heterocycles. The van der Waals surface area contributed by atoms with Crippen LogP contribution >= 0.6 is 0 Å². The minimum Gasteiger partial charge on any atom is -0.368 e. The molecule has 32 heavy (non-hydrogen) atoms. The molecule has 1 aliphatic rings. The molecule has 7 nitrogen and oxygen atoms in total. The van der Waals surface area contributed by atoms with Crippen molar-refractivity contribution in [3.8, 4) is 0 Å². The largest absolute Gasteiger partial charge is 0.368 e. The third-order valence-electron chi connectivity index (χ3n) is 6.93. The summed E-state index contributed by atoms with van der Waals surface area (Å²) in [6, 6.07) is 21.6. The lowest BCUT2D eigenvalue weighted by Crippen LogP contribution is -2.52. The van der Waals surface area contributed by atoms with Gasteiger partial charge < -0.3 is 16.4 Å². The van der Waals surface area contributed by atoms with Crippen molar-refractivity contribution in [2.45, 2.75) is 43.3 Å². The van der Waals surface area contributed by atoms with Crippen LogP contribution in [0.5, 0.6) is 0 Å². The van der Waals surface area contributed by atoms with E-state index in [9.17, 15) is 0 Å². The van der Waals surface area contributed by atoms with Crippen LogP contribution in [0.1, 0.15) is 42.6 Å². The summed E-state index contributed by atoms with van der Waals surface area (Å²) in [4.78, 5) is 15.3. The number of nitrogens with one attached hydrogen (secondary N) is 2. The monoisotopic (exact) mass is 431 g/mol. The second-order valence-electron chi connectivity index (χ2n) is 8.78. The van der Waals surface area contributed by atoms with Gasteiger partial charge in [-0.2, -0.15) is 15.0 Å². The summed E-state index contributed by atoms with van der Waals surface area (Å²) in [6.45, 7) is 0.524. The number of rotatable bonds is 7. The van der Waals surface area contributed by atoms with Crippen LogP contribution in [0.15, 0.2) is 60.7 Å². The molecule has 1 aliphatic carbocycles. The van der Waals surface area contributed by atoms with Crippen LogP contribution in [-0.2, 0) is 17.6 Å². The Bertz CT molecular complexity index is 1010. The SMILES string of the molecule is CNc1nc(N)nc(CNC2(c3ccccc3)CCC(c3ccccc3)(N(C)C)CC2)n1. The second kappa shape index (κ2) is 9.22. The Hall–Kier alpha value is -3.03. The minimum absolute atomic E-state index is 0.0259. The summed E-state index contributed by atoms with van der Waals surface area (Å²) >= 11 is 0. The first-order chi connectivity index (χ1) is 15.5. The average Bonchev–Trinajstić information content (AvgIpc) is 2.83. The number of nitrogens with zero attached hydrogens (tertiary/aromatic N) is 4. The van der Waals surface area contributed by atoms with E-state index in [-0.39, 0.29) is 17.0 Å². The number of nitrogens with two attached hydrogens (primary N) is 1. The Balaban J connectivity index is 1.62. The third-order valence-corrected chi connectivity index (χ3v) is 6.93. The number of aromatic nitrogens is 3. The standard InChI is InChI=1S/C25H33N7/c1-27-23-30-21(29-22(26)31-23)18-28-24(19-10-6-4-7-11-19)14-16-25(17-15-24,32(2)3)20-12-8-5-9-13-20/h4-13,28H,14-18H2,1-3H3,(H3,26,27,29,30,31). The lowest BCUT2D eigenvalue weighted by molar-refractivity contribution is 0.0521. The Morgan fingerprint density at radius 2 is 1.44 bits per heavy atom. The minimum atomic E-state index is -0.156. The van der Waals surface area contributed by atoms with Gasteiger partial charge in [0.1, 0.15) is 5.82 Å². The fourth-order valence-corrected chi connectivity index (χ4v) is 5.03. The van der Waals surface area contributed by atoms with Crippen LogP contribution in [0.3, 0.4) is 0 Å². The number of hydrogen-bond acceptors (Lipinski definition) is 7. The quantitative estimate of drug-likeness (QED) is 0.527. The molecule has 1 fully saturated rings. The molecule has 0 radical (unpaired) electrons. The molecule has 0 saturated heterocycles. The molecule has 4 rings (SSSR count). The van der Waals surface area contributed by atoms with Crippen molar-refractivity contribution in [2.75, 3.05) is 32.2 Å². The van der Waals surface area contributed by atoms with Crippen LogP contribution in [0, 0.1) is 0 Å². The zero-order valence-electron chi connectivity index (χ0n) is 19.2. The summed E-state index contributed by atoms with van der Waals surface area (Å²) in [5.74, 6) is 1.36. The van der Waals surface area contributed by atoms with Gasteiger partial charge >= 0.3 is 0 Å². The molecular formula is C25H33N7. The van der Waals surface area contributed by atoms with Gasteiger partial charge in [-0.15, -0.1) is 0 Å². The molecule has 2 aromatic carbocycles. The van der Waals surface area contributed by atoms with Crippen molar-refractivity contribution in [2.24, 2.45) is 0 Å². The topological polar surface area (TPSA) is 92.0 Å². The van der Waals surface area contributed by atoms with Crippen molar-refractivity contribution in [1.82, 2.24) is 25.2 Å². The smallest absolute Gasteiger partial charge is 0.227 e. The maximum atomic E-state index is 5.89. The van der Waals surface area contributed by atoms with Gasteiger partial charge in [-0.3, -0.25) is 4.90 Å². The van der Waals surface area contributed by atoms with Crippen molar-refractivity contribution in [3.63, 3.8) is 0 Å². The van der Waals surface area contributed by atoms with E-state index in [0.717, 1.165) is 25.7 Å². The molecule has 7 heteroatoms. The van der Waals surface area contributed by atoms with Gasteiger partial charge in [0.25, 0.3) is 0 Å². The van der Waals surface area contributed by atoms with E-state index in [0.29, 0.717) is 18.3 Å². The number of nitrogen functional groups attached to an aromatic ring is 1. The van der Waals surface area contributed by atoms with E-state index in [1.807, 2.05) is 0 Å². The summed E-state index contributed by atoms with van der Waals surface area (Å²) < 4.78 is 0. The Morgan fingerprint density at radius 3 is 2.00 bits per heavy atom. The molecular weight excluding hydrogens is 398 g/mol. The van der Waals surface area contributed by atoms with Crippen LogP contribution in [0.25, 0.3) is 0 Å². The molecule has 0 amide bonds. The van der Waals surface area contributed by atoms with Crippen molar-refractivity contribution in [3.05, 3.63) is 77.6 Å². The highest BCUT2D eigenvalue weighted by Gasteiger charge is 2.45. The highest BCUT2D eigenvalue weighted by Crippen LogP contribution is 2.48. The van der Waals surface area contributed by atoms with E-state index in [1.54, 1.807) is 7.05 Å². The molecule has 3 aromatic rings. The molecule has 1 heterocycles. The van der Waals surface area contributed by atoms with E-state index in [2.05, 4.69) is 105 Å². The van der Waals surface area contributed by atoms with Crippen LogP contribution < -0.4 is 16.4 Å². The van der Waals surface area contributed by atoms with Crippen molar-refractivity contribution < 1.29 is 0 Å². The Labute approximate surface area is 190 Å². The van der Waals surface area contributed by atoms with Gasteiger partial charge in [-0.05, 0) is 50.9 Å². The van der Waals surface area contributed by atoms with E-state index < -0.39 is 0 Å². The van der Waals surface area contributed by atoms with Gasteiger partial charge in [0.2, 0.25) is 11.9 Å². The lowest BCUT2D eigenvalue weighted by atomic mass is 9.66. The first-order valence-electron chi connectivity index (χ1n) is 11.2. The maximum Gasteiger partial charge on any atom is 0.227 e. The molecule has 168 valence electrons. The number of hydrogen-bond donors (Lipinski definition) is 3. The number of benzene rings is 2. The highest BCUT2D eigenvalue weighted by molar-refractivity contribution is 5.32. The average molecular weight is 432 g/mol. The summed E-state index contributed by atoms with van der Waals surface area (Å²) in [7, 11) is 6.18. The lowest BCUT2D eigenvalue weighted by Gasteiger charge is -2.50. The molecule has 1 aromatic heterocycles. The molecule has 4 N–H and O–H groups in total. The fourth-order valence-electron chi connectivity index (χ4n) is 5.03. The molecule has 0 unspecified atom stereocenters. The Kier molecular flexibility index (Phi) is 6.39. The normalized spacial score (nSPS) is 23.2. The predicted molar refractivity (Wildman–Crippen MR) is 129 cm³/mol.